The summed E-state index contributed by atoms with van der Waals surface area (Å²) < 4.78 is 23.0. The van der Waals surface area contributed by atoms with Gasteiger partial charge in [-0.05, 0) is 37.1 Å². The minimum absolute atomic E-state index is 0.0164. The average molecular weight is 348 g/mol. The molecule has 0 amide bonds. The molecule has 0 aliphatic rings. The molecule has 1 N–H and O–H groups in total. The Morgan fingerprint density at radius 2 is 1.79 bits per heavy atom. The van der Waals surface area contributed by atoms with Crippen LogP contribution in [0.2, 0.25) is 0 Å². The van der Waals surface area contributed by atoms with E-state index in [9.17, 15) is 18.5 Å². The molecule has 0 radical (unpaired) electrons. The lowest BCUT2D eigenvalue weighted by molar-refractivity contribution is -0.385. The van der Waals surface area contributed by atoms with Crippen molar-refractivity contribution in [3.63, 3.8) is 0 Å². The van der Waals surface area contributed by atoms with Gasteiger partial charge in [-0.3, -0.25) is 10.1 Å². The zero-order valence-corrected chi connectivity index (χ0v) is 14.6. The Labute approximate surface area is 141 Å². The second-order valence-electron chi connectivity index (χ2n) is 5.76. The molecule has 24 heavy (non-hydrogen) atoms. The van der Waals surface area contributed by atoms with Gasteiger partial charge in [0, 0.05) is 30.5 Å². The van der Waals surface area contributed by atoms with Crippen LogP contribution in [0, 0.1) is 17.0 Å². The lowest BCUT2D eigenvalue weighted by atomic mass is 10.1. The van der Waals surface area contributed by atoms with Crippen LogP contribution in [0.3, 0.4) is 0 Å². The molecule has 0 heterocycles. The molecule has 0 unspecified atom stereocenters. The third-order valence-electron chi connectivity index (χ3n) is 4.02. The van der Waals surface area contributed by atoms with Crippen LogP contribution in [0.25, 0.3) is 0 Å². The molecule has 7 heteroatoms. The van der Waals surface area contributed by atoms with Crippen molar-refractivity contribution in [2.45, 2.75) is 31.3 Å². The number of nitrogens with zero attached hydrogens (tertiary/aromatic N) is 1. The number of hydrogen-bond donors (Lipinski definition) is 1. The van der Waals surface area contributed by atoms with Crippen molar-refractivity contribution < 1.29 is 13.3 Å². The molecule has 0 bridgehead atoms. The summed E-state index contributed by atoms with van der Waals surface area (Å²) in [5.74, 6) is 0. The van der Waals surface area contributed by atoms with Crippen LogP contribution in [0.5, 0.6) is 0 Å². The van der Waals surface area contributed by atoms with Crippen molar-refractivity contribution in [2.24, 2.45) is 0 Å². The minimum atomic E-state index is -3.20. The molecule has 2 rings (SSSR count). The van der Waals surface area contributed by atoms with Crippen molar-refractivity contribution in [1.82, 2.24) is 5.32 Å². The summed E-state index contributed by atoms with van der Waals surface area (Å²) in [7, 11) is -3.20. The fourth-order valence-electron chi connectivity index (χ4n) is 2.44. The Hall–Kier alpha value is -2.25. The zero-order chi connectivity index (χ0) is 17.9. The summed E-state index contributed by atoms with van der Waals surface area (Å²) in [6.45, 7) is 4.19. The summed E-state index contributed by atoms with van der Waals surface area (Å²) in [5, 5.41) is 14.3. The molecule has 0 aromatic heterocycles. The van der Waals surface area contributed by atoms with E-state index in [0.717, 1.165) is 11.1 Å². The number of hydrogen-bond acceptors (Lipinski definition) is 5. The first kappa shape index (κ1) is 18.1. The summed E-state index contributed by atoms with van der Waals surface area (Å²) in [6, 6.07) is 11.7. The number of nitro groups is 1. The van der Waals surface area contributed by atoms with Gasteiger partial charge < -0.3 is 5.32 Å². The molecule has 0 saturated carbocycles. The highest BCUT2D eigenvalue weighted by atomic mass is 32.2. The molecule has 0 aliphatic heterocycles. The lowest BCUT2D eigenvalue weighted by Crippen LogP contribution is -2.19. The van der Waals surface area contributed by atoms with Crippen LogP contribution < -0.4 is 5.32 Å². The van der Waals surface area contributed by atoms with Crippen LogP contribution in [0.15, 0.2) is 47.4 Å². The second kappa shape index (κ2) is 7.11. The summed E-state index contributed by atoms with van der Waals surface area (Å²) >= 11 is 0. The van der Waals surface area contributed by atoms with Crippen LogP contribution >= 0.6 is 0 Å². The van der Waals surface area contributed by atoms with Crippen molar-refractivity contribution in [3.8, 4) is 0 Å². The zero-order valence-electron chi connectivity index (χ0n) is 13.8. The normalized spacial score (nSPS) is 12.8. The van der Waals surface area contributed by atoms with Crippen molar-refractivity contribution >= 4 is 15.5 Å². The highest BCUT2D eigenvalue weighted by molar-refractivity contribution is 7.90. The van der Waals surface area contributed by atoms with Gasteiger partial charge in [0.2, 0.25) is 0 Å². The van der Waals surface area contributed by atoms with Crippen molar-refractivity contribution in [3.05, 3.63) is 69.3 Å². The predicted octanol–water partition coefficient (Wildman–Crippen LogP) is 3.16. The van der Waals surface area contributed by atoms with Gasteiger partial charge in [0.1, 0.15) is 0 Å². The number of benzene rings is 2. The highest BCUT2D eigenvalue weighted by Crippen LogP contribution is 2.22. The van der Waals surface area contributed by atoms with Gasteiger partial charge >= 0.3 is 0 Å². The molecule has 6 nitrogen and oxygen atoms in total. The molecule has 0 aliphatic carbocycles. The third kappa shape index (κ3) is 4.18. The van der Waals surface area contributed by atoms with E-state index in [-0.39, 0.29) is 21.5 Å². The largest absolute Gasteiger partial charge is 0.306 e. The minimum Gasteiger partial charge on any atom is -0.306 e. The third-order valence-corrected chi connectivity index (χ3v) is 5.15. The maximum absolute atomic E-state index is 11.5. The maximum atomic E-state index is 11.5. The van der Waals surface area contributed by atoms with E-state index in [4.69, 9.17) is 0 Å². The van der Waals surface area contributed by atoms with Crippen LogP contribution in [0.4, 0.5) is 5.69 Å². The van der Waals surface area contributed by atoms with Gasteiger partial charge in [-0.1, -0.05) is 24.3 Å². The molecular weight excluding hydrogens is 328 g/mol. The molecule has 0 fully saturated rings. The molecule has 128 valence electrons. The first-order chi connectivity index (χ1) is 11.2. The maximum Gasteiger partial charge on any atom is 0.272 e. The van der Waals surface area contributed by atoms with E-state index in [1.165, 1.54) is 12.3 Å². The van der Waals surface area contributed by atoms with Gasteiger partial charge in [0.05, 0.1) is 9.82 Å². The molecule has 0 saturated heterocycles. The Kier molecular flexibility index (Phi) is 5.36. The van der Waals surface area contributed by atoms with Gasteiger partial charge in [-0.2, -0.15) is 0 Å². The fourth-order valence-corrected chi connectivity index (χ4v) is 3.07. The lowest BCUT2D eigenvalue weighted by Gasteiger charge is -2.16. The first-order valence-electron chi connectivity index (χ1n) is 7.46. The van der Waals surface area contributed by atoms with Crippen LogP contribution in [-0.4, -0.2) is 19.6 Å². The van der Waals surface area contributed by atoms with Gasteiger partial charge in [0.15, 0.2) is 9.84 Å². The molecule has 0 spiro atoms. The smallest absolute Gasteiger partial charge is 0.272 e. The standard InChI is InChI=1S/C17H20N2O4S/c1-12-15(5-4-6-17(12)19(20)21)11-18-13(2)14-7-9-16(10-8-14)24(3,22)23/h4-10,13,18H,11H2,1-3H3/t13-/m0/s1. The molecule has 1 atom stereocenters. The fraction of sp³-hybridized carbons (Fsp3) is 0.294. The molecule has 2 aromatic rings. The predicted molar refractivity (Wildman–Crippen MR) is 92.6 cm³/mol. The number of rotatable bonds is 6. The molecular formula is C17H20N2O4S. The van der Waals surface area contributed by atoms with E-state index in [1.54, 1.807) is 37.3 Å². The van der Waals surface area contributed by atoms with E-state index in [1.807, 2.05) is 13.0 Å². The monoisotopic (exact) mass is 348 g/mol. The van der Waals surface area contributed by atoms with Crippen LogP contribution in [-0.2, 0) is 16.4 Å². The quantitative estimate of drug-likeness (QED) is 0.640. The number of nitro benzene ring substituents is 1. The number of sulfone groups is 1. The highest BCUT2D eigenvalue weighted by Gasteiger charge is 2.14. The Balaban J connectivity index is 2.10. The Morgan fingerprint density at radius 3 is 2.33 bits per heavy atom. The van der Waals surface area contributed by atoms with Crippen LogP contribution in [0.1, 0.15) is 29.7 Å². The van der Waals surface area contributed by atoms with Gasteiger partial charge in [-0.25, -0.2) is 8.42 Å². The summed E-state index contributed by atoms with van der Waals surface area (Å²) in [4.78, 5) is 10.9. The van der Waals surface area contributed by atoms with Gasteiger partial charge in [-0.15, -0.1) is 0 Å². The Bertz CT molecular complexity index is 845. The van der Waals surface area contributed by atoms with E-state index in [2.05, 4.69) is 5.32 Å². The first-order valence-corrected chi connectivity index (χ1v) is 9.35. The Morgan fingerprint density at radius 1 is 1.17 bits per heavy atom. The van der Waals surface area contributed by atoms with Gasteiger partial charge in [0.25, 0.3) is 5.69 Å². The SMILES string of the molecule is Cc1c(CN[C@@H](C)c2ccc(S(C)(=O)=O)cc2)cccc1[N+](=O)[O-]. The van der Waals surface area contributed by atoms with E-state index in [0.29, 0.717) is 12.1 Å². The average Bonchev–Trinajstić information content (AvgIpc) is 2.52. The topological polar surface area (TPSA) is 89.3 Å². The van der Waals surface area contributed by atoms with E-state index >= 15 is 0 Å². The van der Waals surface area contributed by atoms with Crippen molar-refractivity contribution in [2.75, 3.05) is 6.26 Å². The second-order valence-corrected chi connectivity index (χ2v) is 7.78. The molecule has 2 aromatic carbocycles. The number of nitrogens with one attached hydrogen (secondary N) is 1. The summed E-state index contributed by atoms with van der Waals surface area (Å²) in [6.07, 6.45) is 1.18. The van der Waals surface area contributed by atoms with Crippen molar-refractivity contribution in [1.29, 1.82) is 0 Å². The van der Waals surface area contributed by atoms with E-state index < -0.39 is 9.84 Å². The summed E-state index contributed by atoms with van der Waals surface area (Å²) in [5.41, 5.74) is 2.57.